The number of methoxy groups -OCH3 is 1. The molecule has 5 nitrogen and oxygen atoms in total. The van der Waals surface area contributed by atoms with Gasteiger partial charge in [-0.2, -0.15) is 0 Å². The molecule has 0 bridgehead atoms. The van der Waals surface area contributed by atoms with Crippen LogP contribution in [-0.2, 0) is 9.31 Å². The molecule has 0 amide bonds. The second-order valence-corrected chi connectivity index (χ2v) is 5.96. The highest BCUT2D eigenvalue weighted by atomic mass is 16.7. The van der Waals surface area contributed by atoms with Crippen molar-refractivity contribution in [1.82, 2.24) is 4.98 Å². The van der Waals surface area contributed by atoms with E-state index < -0.39 is 7.12 Å². The van der Waals surface area contributed by atoms with Crippen molar-refractivity contribution in [3.63, 3.8) is 0 Å². The lowest BCUT2D eigenvalue weighted by Crippen LogP contribution is -2.41. The standard InChI is InChI=1S/C15H20BNO4/c1-14(2)15(3,4)21-16(20-14)7-6-11-8-13(19-5)12(10-18)17-9-11/h6-10H,1-5H3/b7-6+. The van der Waals surface area contributed by atoms with Crippen LogP contribution < -0.4 is 4.74 Å². The molecular formula is C15H20BNO4. The zero-order valence-electron chi connectivity index (χ0n) is 13.0. The summed E-state index contributed by atoms with van der Waals surface area (Å²) in [5.41, 5.74) is 0.371. The van der Waals surface area contributed by atoms with Gasteiger partial charge in [0.2, 0.25) is 0 Å². The smallest absolute Gasteiger partial charge is 0.487 e. The first-order chi connectivity index (χ1) is 9.79. The van der Waals surface area contributed by atoms with Crippen LogP contribution in [0.15, 0.2) is 18.2 Å². The molecule has 0 aliphatic carbocycles. The largest absolute Gasteiger partial charge is 0.494 e. The normalized spacial score (nSPS) is 20.0. The third kappa shape index (κ3) is 3.17. The van der Waals surface area contributed by atoms with E-state index in [2.05, 4.69) is 4.98 Å². The summed E-state index contributed by atoms with van der Waals surface area (Å²) in [4.78, 5) is 14.9. The molecule has 0 unspecified atom stereocenters. The number of nitrogens with zero attached hydrogens (tertiary/aromatic N) is 1. The number of pyridine rings is 1. The summed E-state index contributed by atoms with van der Waals surface area (Å²) in [6.45, 7) is 8.02. The van der Waals surface area contributed by atoms with Gasteiger partial charge in [-0.15, -0.1) is 0 Å². The molecule has 112 valence electrons. The van der Waals surface area contributed by atoms with E-state index in [4.69, 9.17) is 14.0 Å². The molecule has 21 heavy (non-hydrogen) atoms. The first-order valence-corrected chi connectivity index (χ1v) is 6.82. The van der Waals surface area contributed by atoms with Crippen molar-refractivity contribution in [2.24, 2.45) is 0 Å². The second kappa shape index (κ2) is 5.62. The summed E-state index contributed by atoms with van der Waals surface area (Å²) in [6, 6.07) is 1.75. The van der Waals surface area contributed by atoms with Crippen molar-refractivity contribution in [2.75, 3.05) is 7.11 Å². The van der Waals surface area contributed by atoms with Gasteiger partial charge in [0, 0.05) is 6.20 Å². The Morgan fingerprint density at radius 1 is 1.24 bits per heavy atom. The molecule has 1 aromatic heterocycles. The highest BCUT2D eigenvalue weighted by Gasteiger charge is 2.49. The number of ether oxygens (including phenoxy) is 1. The number of aldehydes is 1. The van der Waals surface area contributed by atoms with Crippen LogP contribution in [0.25, 0.3) is 6.08 Å². The molecular weight excluding hydrogens is 269 g/mol. The fraction of sp³-hybridized carbons (Fsp3) is 0.467. The summed E-state index contributed by atoms with van der Waals surface area (Å²) in [7, 11) is 1.10. The van der Waals surface area contributed by atoms with Crippen molar-refractivity contribution in [2.45, 2.75) is 38.9 Å². The average Bonchev–Trinajstić information content (AvgIpc) is 2.64. The summed E-state index contributed by atoms with van der Waals surface area (Å²) < 4.78 is 16.9. The maximum atomic E-state index is 10.8. The zero-order chi connectivity index (χ0) is 15.7. The minimum absolute atomic E-state index is 0.283. The van der Waals surface area contributed by atoms with Gasteiger partial charge in [0.05, 0.1) is 18.3 Å². The van der Waals surface area contributed by atoms with E-state index in [0.29, 0.717) is 12.0 Å². The fourth-order valence-electron chi connectivity index (χ4n) is 1.97. The van der Waals surface area contributed by atoms with Gasteiger partial charge < -0.3 is 14.0 Å². The predicted octanol–water partition coefficient (Wildman–Crippen LogP) is 2.55. The van der Waals surface area contributed by atoms with Crippen molar-refractivity contribution < 1.29 is 18.8 Å². The first kappa shape index (κ1) is 15.7. The molecule has 1 aliphatic rings. The van der Waals surface area contributed by atoms with Gasteiger partial charge in [-0.3, -0.25) is 4.79 Å². The van der Waals surface area contributed by atoms with Crippen molar-refractivity contribution in [3.8, 4) is 5.75 Å². The van der Waals surface area contributed by atoms with Crippen LogP contribution >= 0.6 is 0 Å². The Morgan fingerprint density at radius 3 is 2.38 bits per heavy atom. The second-order valence-electron chi connectivity index (χ2n) is 5.96. The summed E-state index contributed by atoms with van der Waals surface area (Å²) in [5, 5.41) is 0. The van der Waals surface area contributed by atoms with Crippen LogP contribution in [0.4, 0.5) is 0 Å². The highest BCUT2D eigenvalue weighted by molar-refractivity contribution is 6.52. The SMILES string of the molecule is COc1cc(/C=C/B2OC(C)(C)C(C)(C)O2)cnc1C=O. The molecule has 2 rings (SSSR count). The number of aromatic nitrogens is 1. The van der Waals surface area contributed by atoms with E-state index in [0.717, 1.165) is 5.56 Å². The Bertz CT molecular complexity index is 553. The van der Waals surface area contributed by atoms with E-state index in [-0.39, 0.29) is 16.9 Å². The summed E-state index contributed by atoms with van der Waals surface area (Å²) in [5.74, 6) is 2.27. The third-order valence-corrected chi connectivity index (χ3v) is 3.95. The quantitative estimate of drug-likeness (QED) is 0.629. The molecule has 1 saturated heterocycles. The molecule has 6 heteroatoms. The van der Waals surface area contributed by atoms with Crippen LogP contribution in [0.1, 0.15) is 43.7 Å². The van der Waals surface area contributed by atoms with E-state index in [1.807, 2.05) is 39.7 Å². The van der Waals surface area contributed by atoms with Gasteiger partial charge in [0.15, 0.2) is 6.29 Å². The number of carbonyl (C=O) groups excluding carboxylic acids is 1. The van der Waals surface area contributed by atoms with Gasteiger partial charge in [0.25, 0.3) is 0 Å². The Morgan fingerprint density at radius 2 is 1.86 bits per heavy atom. The fourth-order valence-corrected chi connectivity index (χ4v) is 1.97. The van der Waals surface area contributed by atoms with Crippen molar-refractivity contribution >= 4 is 19.5 Å². The van der Waals surface area contributed by atoms with Crippen molar-refractivity contribution in [3.05, 3.63) is 29.5 Å². The Kier molecular flexibility index (Phi) is 4.21. The third-order valence-electron chi connectivity index (χ3n) is 3.95. The summed E-state index contributed by atoms with van der Waals surface area (Å²) in [6.07, 6.45) is 4.11. The predicted molar refractivity (Wildman–Crippen MR) is 81.3 cm³/mol. The van der Waals surface area contributed by atoms with Gasteiger partial charge in [-0.1, -0.05) is 12.1 Å². The monoisotopic (exact) mass is 289 g/mol. The lowest BCUT2D eigenvalue weighted by molar-refractivity contribution is 0.00578. The molecule has 1 fully saturated rings. The topological polar surface area (TPSA) is 57.6 Å². The highest BCUT2D eigenvalue weighted by Crippen LogP contribution is 2.37. The van der Waals surface area contributed by atoms with Crippen LogP contribution in [0.3, 0.4) is 0 Å². The van der Waals surface area contributed by atoms with E-state index in [9.17, 15) is 4.79 Å². The van der Waals surface area contributed by atoms with Crippen LogP contribution in [0.5, 0.6) is 5.75 Å². The number of carbonyl (C=O) groups is 1. The molecule has 0 N–H and O–H groups in total. The minimum atomic E-state index is -0.410. The van der Waals surface area contributed by atoms with E-state index in [1.54, 1.807) is 12.3 Å². The number of hydrogen-bond donors (Lipinski definition) is 0. The number of hydrogen-bond acceptors (Lipinski definition) is 5. The molecule has 0 spiro atoms. The molecule has 2 heterocycles. The maximum Gasteiger partial charge on any atom is 0.487 e. The van der Waals surface area contributed by atoms with Crippen LogP contribution in [-0.4, -0.2) is 36.7 Å². The van der Waals surface area contributed by atoms with Gasteiger partial charge in [-0.25, -0.2) is 4.98 Å². The van der Waals surface area contributed by atoms with E-state index >= 15 is 0 Å². The Balaban J connectivity index is 2.14. The minimum Gasteiger partial charge on any atom is -0.494 e. The van der Waals surface area contributed by atoms with E-state index in [1.165, 1.54) is 7.11 Å². The first-order valence-electron chi connectivity index (χ1n) is 6.82. The van der Waals surface area contributed by atoms with Gasteiger partial charge in [-0.05, 0) is 39.3 Å². The van der Waals surface area contributed by atoms with Gasteiger partial charge >= 0.3 is 7.12 Å². The maximum absolute atomic E-state index is 10.8. The van der Waals surface area contributed by atoms with Crippen LogP contribution in [0.2, 0.25) is 0 Å². The zero-order valence-corrected chi connectivity index (χ0v) is 13.0. The lowest BCUT2D eigenvalue weighted by Gasteiger charge is -2.32. The number of rotatable bonds is 4. The molecule has 0 atom stereocenters. The lowest BCUT2D eigenvalue weighted by atomic mass is 9.89. The molecule has 1 aromatic rings. The molecule has 0 saturated carbocycles. The molecule has 0 radical (unpaired) electrons. The summed E-state index contributed by atoms with van der Waals surface area (Å²) >= 11 is 0. The average molecular weight is 289 g/mol. The Labute approximate surface area is 125 Å². The van der Waals surface area contributed by atoms with Crippen LogP contribution in [0, 0.1) is 0 Å². The molecule has 1 aliphatic heterocycles. The van der Waals surface area contributed by atoms with Crippen molar-refractivity contribution in [1.29, 1.82) is 0 Å². The van der Waals surface area contributed by atoms with Gasteiger partial charge in [0.1, 0.15) is 11.4 Å². The molecule has 0 aromatic carbocycles. The Hall–Kier alpha value is -1.66.